The molecule has 2 atom stereocenters. The van der Waals surface area contributed by atoms with Gasteiger partial charge in [0.15, 0.2) is 0 Å². The smallest absolute Gasteiger partial charge is 0.328 e. The molecule has 1 aliphatic rings. The van der Waals surface area contributed by atoms with Crippen LogP contribution in [0.3, 0.4) is 0 Å². The van der Waals surface area contributed by atoms with Crippen LogP contribution in [0.5, 0.6) is 5.75 Å². The lowest BCUT2D eigenvalue weighted by Crippen LogP contribution is -2.50. The van der Waals surface area contributed by atoms with E-state index in [0.29, 0.717) is 18.6 Å². The number of methoxy groups -OCH3 is 2. The zero-order valence-electron chi connectivity index (χ0n) is 13.1. The van der Waals surface area contributed by atoms with E-state index < -0.39 is 18.1 Å². The molecule has 0 radical (unpaired) electrons. The van der Waals surface area contributed by atoms with E-state index in [9.17, 15) is 14.4 Å². The Balaban J connectivity index is 2.09. The molecular formula is C16H20N2O5. The third-order valence-electron chi connectivity index (χ3n) is 3.73. The van der Waals surface area contributed by atoms with Crippen LogP contribution >= 0.6 is 0 Å². The second kappa shape index (κ2) is 7.62. The molecule has 0 aromatic heterocycles. The molecule has 0 unspecified atom stereocenters. The highest BCUT2D eigenvalue weighted by molar-refractivity contribution is 5.93. The Labute approximate surface area is 134 Å². The Morgan fingerprint density at radius 1 is 1.35 bits per heavy atom. The van der Waals surface area contributed by atoms with Gasteiger partial charge in [0.2, 0.25) is 11.8 Å². The number of carbonyl (C=O) groups excluding carboxylic acids is 3. The minimum Gasteiger partial charge on any atom is -0.496 e. The largest absolute Gasteiger partial charge is 0.496 e. The van der Waals surface area contributed by atoms with Gasteiger partial charge in [0.05, 0.1) is 14.2 Å². The van der Waals surface area contributed by atoms with E-state index in [1.165, 1.54) is 7.11 Å². The van der Waals surface area contributed by atoms with E-state index >= 15 is 0 Å². The molecule has 0 spiro atoms. The fourth-order valence-electron chi connectivity index (χ4n) is 2.51. The summed E-state index contributed by atoms with van der Waals surface area (Å²) in [4.78, 5) is 35.4. The van der Waals surface area contributed by atoms with Gasteiger partial charge < -0.3 is 20.1 Å². The summed E-state index contributed by atoms with van der Waals surface area (Å²) in [6.45, 7) is 0. The summed E-state index contributed by atoms with van der Waals surface area (Å²) in [5.41, 5.74) is 0.779. The number of carbonyl (C=O) groups is 3. The van der Waals surface area contributed by atoms with Gasteiger partial charge in [-0.2, -0.15) is 0 Å². The topological polar surface area (TPSA) is 93.7 Å². The van der Waals surface area contributed by atoms with Gasteiger partial charge in [-0.3, -0.25) is 9.59 Å². The molecule has 0 aliphatic carbocycles. The number of esters is 1. The van der Waals surface area contributed by atoms with Crippen molar-refractivity contribution in [2.75, 3.05) is 14.2 Å². The molecule has 2 N–H and O–H groups in total. The first kappa shape index (κ1) is 16.8. The molecule has 1 saturated heterocycles. The van der Waals surface area contributed by atoms with Crippen molar-refractivity contribution in [2.24, 2.45) is 0 Å². The monoisotopic (exact) mass is 320 g/mol. The minimum absolute atomic E-state index is 0.163. The van der Waals surface area contributed by atoms with Crippen molar-refractivity contribution >= 4 is 17.8 Å². The third-order valence-corrected chi connectivity index (χ3v) is 3.73. The maximum atomic E-state index is 12.2. The summed E-state index contributed by atoms with van der Waals surface area (Å²) < 4.78 is 10.0. The molecule has 7 heteroatoms. The Kier molecular flexibility index (Phi) is 5.56. The Bertz CT molecular complexity index is 602. The van der Waals surface area contributed by atoms with Crippen LogP contribution in [-0.4, -0.2) is 44.1 Å². The molecule has 124 valence electrons. The third kappa shape index (κ3) is 4.21. The first-order valence-electron chi connectivity index (χ1n) is 7.34. The number of para-hydroxylation sites is 1. The summed E-state index contributed by atoms with van der Waals surface area (Å²) in [6, 6.07) is 5.79. The van der Waals surface area contributed by atoms with Gasteiger partial charge in [-0.1, -0.05) is 18.2 Å². The zero-order chi connectivity index (χ0) is 16.8. The summed E-state index contributed by atoms with van der Waals surface area (Å²) in [5, 5.41) is 5.22. The first-order chi connectivity index (χ1) is 11.0. The van der Waals surface area contributed by atoms with Crippen LogP contribution in [0.15, 0.2) is 24.3 Å². The van der Waals surface area contributed by atoms with Crippen molar-refractivity contribution < 1.29 is 23.9 Å². The summed E-state index contributed by atoms with van der Waals surface area (Å²) >= 11 is 0. The molecule has 2 rings (SSSR count). The average molecular weight is 320 g/mol. The second-order valence-electron chi connectivity index (χ2n) is 5.26. The Morgan fingerprint density at radius 3 is 2.70 bits per heavy atom. The Morgan fingerprint density at radius 2 is 2.09 bits per heavy atom. The van der Waals surface area contributed by atoms with E-state index in [0.717, 1.165) is 5.56 Å². The lowest BCUT2D eigenvalue weighted by Gasteiger charge is -2.20. The van der Waals surface area contributed by atoms with Gasteiger partial charge >= 0.3 is 5.97 Å². The molecule has 2 amide bonds. The van der Waals surface area contributed by atoms with Crippen molar-refractivity contribution in [1.82, 2.24) is 10.6 Å². The van der Waals surface area contributed by atoms with Gasteiger partial charge in [0.1, 0.15) is 17.8 Å². The molecule has 1 fully saturated rings. The standard InChI is InChI=1S/C16H20N2O5/c1-22-13-6-4-3-5-10(13)9-12(16(21)23-2)18-15(20)11-7-8-14(19)17-11/h3-6,11-12H,7-9H2,1-2H3,(H,17,19)(H,18,20)/t11-,12+/m1/s1. The van der Waals surface area contributed by atoms with Crippen LogP contribution in [0.2, 0.25) is 0 Å². The van der Waals surface area contributed by atoms with Crippen LogP contribution in [0, 0.1) is 0 Å². The van der Waals surface area contributed by atoms with E-state index in [1.54, 1.807) is 13.2 Å². The van der Waals surface area contributed by atoms with E-state index in [4.69, 9.17) is 9.47 Å². The zero-order valence-corrected chi connectivity index (χ0v) is 13.1. The molecule has 1 aromatic rings. The SMILES string of the molecule is COC(=O)[C@H](Cc1ccccc1OC)NC(=O)[C@H]1CCC(=O)N1. The normalized spacial score (nSPS) is 18.0. The maximum absolute atomic E-state index is 12.2. The molecule has 0 bridgehead atoms. The number of benzene rings is 1. The molecule has 1 heterocycles. The number of nitrogens with one attached hydrogen (secondary N) is 2. The van der Waals surface area contributed by atoms with E-state index in [1.807, 2.05) is 18.2 Å². The number of ether oxygens (including phenoxy) is 2. The lowest BCUT2D eigenvalue weighted by molar-refractivity contribution is -0.145. The summed E-state index contributed by atoms with van der Waals surface area (Å²) in [5.74, 6) is -0.468. The highest BCUT2D eigenvalue weighted by Gasteiger charge is 2.31. The van der Waals surface area contributed by atoms with Crippen molar-refractivity contribution in [1.29, 1.82) is 0 Å². The number of rotatable bonds is 6. The fraction of sp³-hybridized carbons (Fsp3) is 0.438. The van der Waals surface area contributed by atoms with Crippen LogP contribution in [-0.2, 0) is 25.5 Å². The van der Waals surface area contributed by atoms with Gasteiger partial charge in [-0.25, -0.2) is 4.79 Å². The second-order valence-corrected chi connectivity index (χ2v) is 5.26. The molecule has 0 saturated carbocycles. The number of hydrogen-bond acceptors (Lipinski definition) is 5. The predicted molar refractivity (Wildman–Crippen MR) is 81.8 cm³/mol. The van der Waals surface area contributed by atoms with E-state index in [2.05, 4.69) is 10.6 Å². The van der Waals surface area contributed by atoms with Crippen molar-refractivity contribution in [3.05, 3.63) is 29.8 Å². The quantitative estimate of drug-likeness (QED) is 0.729. The first-order valence-corrected chi connectivity index (χ1v) is 7.34. The van der Waals surface area contributed by atoms with Crippen LogP contribution in [0.25, 0.3) is 0 Å². The predicted octanol–water partition coefficient (Wildman–Crippen LogP) is 0.174. The van der Waals surface area contributed by atoms with Gasteiger partial charge in [0, 0.05) is 12.8 Å². The van der Waals surface area contributed by atoms with Gasteiger partial charge in [0.25, 0.3) is 0 Å². The fourth-order valence-corrected chi connectivity index (χ4v) is 2.51. The summed E-state index contributed by atoms with van der Waals surface area (Å²) in [6.07, 6.45) is 0.976. The molecular weight excluding hydrogens is 300 g/mol. The molecule has 23 heavy (non-hydrogen) atoms. The maximum Gasteiger partial charge on any atom is 0.328 e. The number of amides is 2. The molecule has 7 nitrogen and oxygen atoms in total. The number of hydrogen-bond donors (Lipinski definition) is 2. The highest BCUT2D eigenvalue weighted by atomic mass is 16.5. The molecule has 1 aliphatic heterocycles. The average Bonchev–Trinajstić information content (AvgIpc) is 3.00. The minimum atomic E-state index is -0.846. The molecule has 1 aromatic carbocycles. The van der Waals surface area contributed by atoms with E-state index in [-0.39, 0.29) is 18.2 Å². The van der Waals surface area contributed by atoms with Crippen LogP contribution in [0.1, 0.15) is 18.4 Å². The Hall–Kier alpha value is -2.57. The lowest BCUT2D eigenvalue weighted by atomic mass is 10.0. The van der Waals surface area contributed by atoms with Gasteiger partial charge in [-0.05, 0) is 18.1 Å². The van der Waals surface area contributed by atoms with Crippen LogP contribution < -0.4 is 15.4 Å². The van der Waals surface area contributed by atoms with Gasteiger partial charge in [-0.15, -0.1) is 0 Å². The van der Waals surface area contributed by atoms with Crippen molar-refractivity contribution in [3.8, 4) is 5.75 Å². The van der Waals surface area contributed by atoms with Crippen molar-refractivity contribution in [3.63, 3.8) is 0 Å². The summed E-state index contributed by atoms with van der Waals surface area (Å²) in [7, 11) is 2.81. The van der Waals surface area contributed by atoms with Crippen molar-refractivity contribution in [2.45, 2.75) is 31.3 Å². The highest BCUT2D eigenvalue weighted by Crippen LogP contribution is 2.19. The van der Waals surface area contributed by atoms with Crippen LogP contribution in [0.4, 0.5) is 0 Å².